The molecule has 5 nitrogen and oxygen atoms in total. The van der Waals surface area contributed by atoms with Gasteiger partial charge in [0, 0.05) is 17.3 Å². The number of hydrogen-bond donors (Lipinski definition) is 3. The molecule has 0 aliphatic rings. The van der Waals surface area contributed by atoms with Gasteiger partial charge in [-0.05, 0) is 23.3 Å². The third-order valence-corrected chi connectivity index (χ3v) is 4.51. The molecule has 146 valence electrons. The van der Waals surface area contributed by atoms with E-state index in [2.05, 4.69) is 5.32 Å². The highest BCUT2D eigenvalue weighted by atomic mass is 16.5. The number of aliphatic hydroxyl groups is 1. The molecule has 29 heavy (non-hydrogen) atoms. The summed E-state index contributed by atoms with van der Waals surface area (Å²) in [5.74, 6) is 0.202. The molecule has 5 heteroatoms. The molecule has 0 fully saturated rings. The predicted octanol–water partition coefficient (Wildman–Crippen LogP) is 5.04. The van der Waals surface area contributed by atoms with Gasteiger partial charge in [0.1, 0.15) is 17.5 Å². The fraction of sp³-hybridized carbons (Fsp3) is 0.0833. The molecule has 1 atom stereocenters. The molecule has 0 aromatic heterocycles. The monoisotopic (exact) mass is 386 g/mol. The summed E-state index contributed by atoms with van der Waals surface area (Å²) in [5.41, 5.74) is 1.90. The van der Waals surface area contributed by atoms with E-state index in [1.165, 1.54) is 0 Å². The van der Waals surface area contributed by atoms with Gasteiger partial charge < -0.3 is 15.2 Å². The third-order valence-electron chi connectivity index (χ3n) is 4.51. The van der Waals surface area contributed by atoms with Gasteiger partial charge in [0.2, 0.25) is 5.78 Å². The van der Waals surface area contributed by atoms with Crippen LogP contribution in [-0.4, -0.2) is 23.7 Å². The van der Waals surface area contributed by atoms with E-state index < -0.39 is 11.8 Å². The van der Waals surface area contributed by atoms with Crippen LogP contribution in [0.25, 0.3) is 5.57 Å². The molecule has 3 aromatic carbocycles. The van der Waals surface area contributed by atoms with Crippen LogP contribution in [0.2, 0.25) is 0 Å². The van der Waals surface area contributed by atoms with Crippen molar-refractivity contribution < 1.29 is 14.6 Å². The Labute approximate surface area is 169 Å². The van der Waals surface area contributed by atoms with Crippen LogP contribution in [0.4, 0.5) is 5.69 Å². The number of ketones is 1. The Balaban J connectivity index is 1.95. The van der Waals surface area contributed by atoms with Crippen molar-refractivity contribution in [1.82, 2.24) is 0 Å². The Bertz CT molecular complexity index is 1010. The Morgan fingerprint density at radius 2 is 1.66 bits per heavy atom. The number of carbonyl (C=O) groups is 1. The minimum atomic E-state index is -0.797. The second-order valence-electron chi connectivity index (χ2n) is 6.37. The van der Waals surface area contributed by atoms with Crippen LogP contribution in [0, 0.1) is 5.41 Å². The van der Waals surface area contributed by atoms with Gasteiger partial charge in [-0.25, -0.2) is 0 Å². The summed E-state index contributed by atoms with van der Waals surface area (Å²) >= 11 is 0. The number of ether oxygens (including phenoxy) is 1. The molecule has 0 heterocycles. The Morgan fingerprint density at radius 3 is 2.28 bits per heavy atom. The van der Waals surface area contributed by atoms with E-state index in [1.807, 2.05) is 54.6 Å². The van der Waals surface area contributed by atoms with E-state index in [1.54, 1.807) is 37.4 Å². The molecular weight excluding hydrogens is 364 g/mol. The van der Waals surface area contributed by atoms with E-state index in [4.69, 9.17) is 10.1 Å². The van der Waals surface area contributed by atoms with Crippen LogP contribution >= 0.6 is 0 Å². The fourth-order valence-corrected chi connectivity index (χ4v) is 3.00. The largest absolute Gasteiger partial charge is 0.515 e. The number of hydrogen-bond acceptors (Lipinski definition) is 5. The van der Waals surface area contributed by atoms with E-state index >= 15 is 0 Å². The second kappa shape index (κ2) is 9.37. The fourth-order valence-electron chi connectivity index (χ4n) is 3.00. The van der Waals surface area contributed by atoms with Crippen molar-refractivity contribution in [3.05, 3.63) is 102 Å². The zero-order valence-corrected chi connectivity index (χ0v) is 16.0. The van der Waals surface area contributed by atoms with Crippen LogP contribution in [0.3, 0.4) is 0 Å². The van der Waals surface area contributed by atoms with Crippen molar-refractivity contribution in [2.24, 2.45) is 0 Å². The number of aliphatic hydroxyl groups excluding tert-OH is 1. The number of nitrogens with one attached hydrogen (secondary N) is 2. The first-order valence-corrected chi connectivity index (χ1v) is 9.12. The lowest BCUT2D eigenvalue weighted by molar-refractivity contribution is -0.113. The van der Waals surface area contributed by atoms with Crippen molar-refractivity contribution in [3.63, 3.8) is 0 Å². The quantitative estimate of drug-likeness (QED) is 0.374. The van der Waals surface area contributed by atoms with Gasteiger partial charge in [0.15, 0.2) is 0 Å². The summed E-state index contributed by atoms with van der Waals surface area (Å²) in [5, 5.41) is 21.4. The maximum Gasteiger partial charge on any atom is 0.207 e. The van der Waals surface area contributed by atoms with Crippen molar-refractivity contribution in [3.8, 4) is 5.75 Å². The maximum absolute atomic E-state index is 13.3. The van der Waals surface area contributed by atoms with E-state index in [0.717, 1.165) is 11.8 Å². The van der Waals surface area contributed by atoms with E-state index in [0.29, 0.717) is 17.0 Å². The normalized spacial score (nSPS) is 12.1. The lowest BCUT2D eigenvalue weighted by atomic mass is 9.93. The van der Waals surface area contributed by atoms with Crippen LogP contribution in [0.15, 0.2) is 91.2 Å². The molecule has 0 radical (unpaired) electrons. The topological polar surface area (TPSA) is 82.4 Å². The Hall–Kier alpha value is -3.86. The van der Waals surface area contributed by atoms with Gasteiger partial charge >= 0.3 is 0 Å². The van der Waals surface area contributed by atoms with Crippen LogP contribution < -0.4 is 10.1 Å². The maximum atomic E-state index is 13.3. The van der Waals surface area contributed by atoms with Crippen molar-refractivity contribution in [2.75, 3.05) is 12.4 Å². The van der Waals surface area contributed by atoms with Crippen LogP contribution in [-0.2, 0) is 4.79 Å². The highest BCUT2D eigenvalue weighted by molar-refractivity contribution is 6.56. The summed E-state index contributed by atoms with van der Waals surface area (Å²) in [6.45, 7) is 0. The number of anilines is 1. The number of carbonyl (C=O) groups excluding carboxylic acids is 1. The summed E-state index contributed by atoms with van der Waals surface area (Å²) in [4.78, 5) is 13.3. The van der Waals surface area contributed by atoms with Gasteiger partial charge in [-0.15, -0.1) is 0 Å². The highest BCUT2D eigenvalue weighted by Crippen LogP contribution is 2.26. The molecule has 1 unspecified atom stereocenters. The molecule has 3 aromatic rings. The average Bonchev–Trinajstić information content (AvgIpc) is 2.79. The number of rotatable bonds is 8. The molecule has 0 saturated carbocycles. The van der Waals surface area contributed by atoms with Crippen LogP contribution in [0.5, 0.6) is 5.75 Å². The minimum absolute atomic E-state index is 0.170. The summed E-state index contributed by atoms with van der Waals surface area (Å²) < 4.78 is 5.25. The molecule has 0 aliphatic heterocycles. The molecule has 3 N–H and O–H groups in total. The zero-order chi connectivity index (χ0) is 20.6. The van der Waals surface area contributed by atoms with E-state index in [9.17, 15) is 9.90 Å². The Morgan fingerprint density at radius 1 is 1.00 bits per heavy atom. The molecule has 0 saturated heterocycles. The Kier molecular flexibility index (Phi) is 6.43. The summed E-state index contributed by atoms with van der Waals surface area (Å²) in [6.07, 6.45) is 0.809. The first kappa shape index (κ1) is 19.9. The van der Waals surface area contributed by atoms with E-state index in [-0.39, 0.29) is 11.3 Å². The zero-order valence-electron chi connectivity index (χ0n) is 16.0. The van der Waals surface area contributed by atoms with Gasteiger partial charge in [-0.1, -0.05) is 66.7 Å². The lowest BCUT2D eigenvalue weighted by Crippen LogP contribution is -2.28. The predicted molar refractivity (Wildman–Crippen MR) is 116 cm³/mol. The SMILES string of the molecule is COc1cccc(NC(C(=O)C(=N)/C(=C\O)c2ccccc2)c2ccccc2)c1. The average molecular weight is 386 g/mol. The molecule has 0 amide bonds. The number of benzene rings is 3. The summed E-state index contributed by atoms with van der Waals surface area (Å²) in [6, 6.07) is 24.6. The first-order chi connectivity index (χ1) is 14.1. The molecule has 0 aliphatic carbocycles. The van der Waals surface area contributed by atoms with Crippen molar-refractivity contribution in [1.29, 1.82) is 5.41 Å². The van der Waals surface area contributed by atoms with Crippen molar-refractivity contribution in [2.45, 2.75) is 6.04 Å². The molecule has 0 spiro atoms. The standard InChI is InChI=1S/C24H22N2O3/c1-29-20-14-8-13-19(15-20)26-23(18-11-6-3-7-12-18)24(28)22(25)21(16-27)17-9-4-2-5-10-17/h2-16,23,25-27H,1H3/b21-16-,25-22?. The van der Waals surface area contributed by atoms with Crippen molar-refractivity contribution >= 4 is 22.8 Å². The third kappa shape index (κ3) is 4.71. The first-order valence-electron chi connectivity index (χ1n) is 9.12. The van der Waals surface area contributed by atoms with Gasteiger partial charge in [-0.3, -0.25) is 10.2 Å². The summed E-state index contributed by atoms with van der Waals surface area (Å²) in [7, 11) is 1.58. The molecule has 0 bridgehead atoms. The van der Waals surface area contributed by atoms with Gasteiger partial charge in [0.25, 0.3) is 0 Å². The number of Topliss-reactive ketones (excluding diaryl/α,β-unsaturated/α-hetero) is 1. The highest BCUT2D eigenvalue weighted by Gasteiger charge is 2.27. The van der Waals surface area contributed by atoms with Crippen LogP contribution in [0.1, 0.15) is 17.2 Å². The smallest absolute Gasteiger partial charge is 0.207 e. The number of allylic oxidation sites excluding steroid dienone is 1. The minimum Gasteiger partial charge on any atom is -0.515 e. The molecular formula is C24H22N2O3. The second-order valence-corrected chi connectivity index (χ2v) is 6.37. The molecule has 3 rings (SSSR count). The van der Waals surface area contributed by atoms with Gasteiger partial charge in [0.05, 0.1) is 13.4 Å². The van der Waals surface area contributed by atoms with Gasteiger partial charge in [-0.2, -0.15) is 0 Å². The number of methoxy groups -OCH3 is 1. The lowest BCUT2D eigenvalue weighted by Gasteiger charge is -2.21.